The summed E-state index contributed by atoms with van der Waals surface area (Å²) in [5.74, 6) is 0.798. The quantitative estimate of drug-likeness (QED) is 0.864. The molecule has 0 bridgehead atoms. The molecule has 0 spiro atoms. The Labute approximate surface area is 112 Å². The third-order valence-corrected chi connectivity index (χ3v) is 3.03. The van der Waals surface area contributed by atoms with E-state index in [1.54, 1.807) is 19.4 Å². The van der Waals surface area contributed by atoms with Crippen molar-refractivity contribution >= 4 is 5.91 Å². The van der Waals surface area contributed by atoms with Gasteiger partial charge in [0.2, 0.25) is 0 Å². The molecule has 0 radical (unpaired) electrons. The molecule has 0 unspecified atom stereocenters. The monoisotopic (exact) mass is 258 g/mol. The molecule has 2 aromatic rings. The highest BCUT2D eigenvalue weighted by Crippen LogP contribution is 2.12. The van der Waals surface area contributed by atoms with Crippen LogP contribution in [0.1, 0.15) is 21.6 Å². The number of hydrogen-bond acceptors (Lipinski definition) is 2. The number of nitrogens with one attached hydrogen (secondary N) is 2. The Morgan fingerprint density at radius 3 is 2.89 bits per heavy atom. The van der Waals surface area contributed by atoms with Gasteiger partial charge in [0.05, 0.1) is 12.7 Å². The molecule has 2 N–H and O–H groups in total. The first-order chi connectivity index (χ1) is 9.20. The Bertz CT molecular complexity index is 561. The third kappa shape index (κ3) is 3.37. The minimum Gasteiger partial charge on any atom is -0.497 e. The number of benzene rings is 1. The van der Waals surface area contributed by atoms with Crippen molar-refractivity contribution in [1.82, 2.24) is 10.3 Å². The Morgan fingerprint density at radius 1 is 1.37 bits per heavy atom. The molecule has 0 saturated carbocycles. The van der Waals surface area contributed by atoms with Crippen molar-refractivity contribution < 1.29 is 9.53 Å². The average molecular weight is 258 g/mol. The van der Waals surface area contributed by atoms with E-state index < -0.39 is 0 Å². The molecule has 1 aromatic carbocycles. The lowest BCUT2D eigenvalue weighted by atomic mass is 10.1. The molecule has 1 aromatic heterocycles. The summed E-state index contributed by atoms with van der Waals surface area (Å²) in [4.78, 5) is 14.9. The molecule has 0 aliphatic rings. The first kappa shape index (κ1) is 13.2. The molecule has 4 heteroatoms. The number of carbonyl (C=O) groups excluding carboxylic acids is 1. The van der Waals surface area contributed by atoms with Gasteiger partial charge in [-0.3, -0.25) is 4.79 Å². The maximum atomic E-state index is 11.9. The molecule has 19 heavy (non-hydrogen) atoms. The summed E-state index contributed by atoms with van der Waals surface area (Å²) in [6, 6.07) is 9.65. The van der Waals surface area contributed by atoms with E-state index in [-0.39, 0.29) is 5.91 Å². The van der Waals surface area contributed by atoms with Crippen LogP contribution in [0.25, 0.3) is 0 Å². The van der Waals surface area contributed by atoms with E-state index in [9.17, 15) is 4.79 Å². The van der Waals surface area contributed by atoms with Crippen molar-refractivity contribution in [3.05, 3.63) is 53.3 Å². The summed E-state index contributed by atoms with van der Waals surface area (Å²) in [7, 11) is 1.65. The Kier molecular flexibility index (Phi) is 4.23. The number of methoxy groups -OCH3 is 1. The number of aromatic amines is 1. The number of hydrogen-bond donors (Lipinski definition) is 2. The number of aromatic nitrogens is 1. The summed E-state index contributed by atoms with van der Waals surface area (Å²) in [6.45, 7) is 2.49. The summed E-state index contributed by atoms with van der Waals surface area (Å²) in [5.41, 5.74) is 2.73. The second-order valence-electron chi connectivity index (χ2n) is 4.37. The summed E-state index contributed by atoms with van der Waals surface area (Å²) in [6.07, 6.45) is 2.55. The van der Waals surface area contributed by atoms with Crippen LogP contribution >= 0.6 is 0 Å². The Morgan fingerprint density at radius 2 is 2.21 bits per heavy atom. The summed E-state index contributed by atoms with van der Waals surface area (Å²) >= 11 is 0. The van der Waals surface area contributed by atoms with E-state index in [1.807, 2.05) is 31.2 Å². The Balaban J connectivity index is 1.86. The van der Waals surface area contributed by atoms with Crippen LogP contribution in [0.4, 0.5) is 0 Å². The van der Waals surface area contributed by atoms with Crippen LogP contribution in [-0.2, 0) is 6.42 Å². The molecule has 0 aliphatic carbocycles. The van der Waals surface area contributed by atoms with E-state index in [4.69, 9.17) is 4.74 Å². The zero-order valence-corrected chi connectivity index (χ0v) is 11.2. The lowest BCUT2D eigenvalue weighted by molar-refractivity contribution is 0.0953. The van der Waals surface area contributed by atoms with Crippen LogP contribution in [0.2, 0.25) is 0 Å². The fraction of sp³-hybridized carbons (Fsp3) is 0.267. The molecule has 4 nitrogen and oxygen atoms in total. The van der Waals surface area contributed by atoms with Crippen molar-refractivity contribution in [1.29, 1.82) is 0 Å². The van der Waals surface area contributed by atoms with Gasteiger partial charge in [-0.25, -0.2) is 0 Å². The lowest BCUT2D eigenvalue weighted by Gasteiger charge is -2.06. The van der Waals surface area contributed by atoms with Crippen LogP contribution < -0.4 is 10.1 Å². The zero-order chi connectivity index (χ0) is 13.7. The van der Waals surface area contributed by atoms with Crippen LogP contribution in [0, 0.1) is 6.92 Å². The molecule has 0 aliphatic heterocycles. The number of ether oxygens (including phenoxy) is 1. The van der Waals surface area contributed by atoms with Crippen LogP contribution in [-0.4, -0.2) is 24.5 Å². The number of amides is 1. The van der Waals surface area contributed by atoms with E-state index in [0.29, 0.717) is 12.1 Å². The van der Waals surface area contributed by atoms with Gasteiger partial charge in [-0.05, 0) is 37.1 Å². The number of carbonyl (C=O) groups is 1. The molecule has 1 amide bonds. The highest BCUT2D eigenvalue weighted by molar-refractivity contribution is 5.95. The predicted molar refractivity (Wildman–Crippen MR) is 74.6 cm³/mol. The second-order valence-corrected chi connectivity index (χ2v) is 4.37. The fourth-order valence-electron chi connectivity index (χ4n) is 1.94. The SMILES string of the molecule is COc1cccc(CCNC(=O)c2cc[nH]c2C)c1. The van der Waals surface area contributed by atoms with Crippen molar-refractivity contribution in [3.63, 3.8) is 0 Å². The van der Waals surface area contributed by atoms with Crippen molar-refractivity contribution in [3.8, 4) is 5.75 Å². The van der Waals surface area contributed by atoms with Gasteiger partial charge in [0.1, 0.15) is 5.75 Å². The maximum Gasteiger partial charge on any atom is 0.253 e. The van der Waals surface area contributed by atoms with Crippen molar-refractivity contribution in [2.75, 3.05) is 13.7 Å². The number of H-pyrrole nitrogens is 1. The van der Waals surface area contributed by atoms with Crippen LogP contribution in [0.15, 0.2) is 36.5 Å². The standard InChI is InChI=1S/C15H18N2O2/c1-11-14(7-9-16-11)15(18)17-8-6-12-4-3-5-13(10-12)19-2/h3-5,7,9-10,16H,6,8H2,1-2H3,(H,17,18). The van der Waals surface area contributed by atoms with E-state index >= 15 is 0 Å². The van der Waals surface area contributed by atoms with Gasteiger partial charge < -0.3 is 15.0 Å². The zero-order valence-electron chi connectivity index (χ0n) is 11.2. The molecule has 0 fully saturated rings. The minimum absolute atomic E-state index is 0.0401. The second kappa shape index (κ2) is 6.09. The van der Waals surface area contributed by atoms with Gasteiger partial charge in [0.15, 0.2) is 0 Å². The molecular weight excluding hydrogens is 240 g/mol. The van der Waals surface area contributed by atoms with Crippen molar-refractivity contribution in [2.24, 2.45) is 0 Å². The molecule has 1 heterocycles. The fourth-order valence-corrected chi connectivity index (χ4v) is 1.94. The van der Waals surface area contributed by atoms with Gasteiger partial charge in [-0.1, -0.05) is 12.1 Å². The van der Waals surface area contributed by atoms with Crippen molar-refractivity contribution in [2.45, 2.75) is 13.3 Å². The minimum atomic E-state index is -0.0401. The predicted octanol–water partition coefficient (Wildman–Crippen LogP) is 2.30. The van der Waals surface area contributed by atoms with E-state index in [0.717, 1.165) is 23.4 Å². The normalized spacial score (nSPS) is 10.2. The van der Waals surface area contributed by atoms with Gasteiger partial charge in [-0.15, -0.1) is 0 Å². The average Bonchev–Trinajstić information content (AvgIpc) is 2.85. The van der Waals surface area contributed by atoms with Crippen LogP contribution in [0.3, 0.4) is 0 Å². The van der Waals surface area contributed by atoms with E-state index in [2.05, 4.69) is 10.3 Å². The molecule has 2 rings (SSSR count). The largest absolute Gasteiger partial charge is 0.497 e. The van der Waals surface area contributed by atoms with E-state index in [1.165, 1.54) is 0 Å². The molecule has 100 valence electrons. The maximum absolute atomic E-state index is 11.9. The van der Waals surface area contributed by atoms with Gasteiger partial charge in [-0.2, -0.15) is 0 Å². The Hall–Kier alpha value is -2.23. The number of aryl methyl sites for hydroxylation is 1. The first-order valence-corrected chi connectivity index (χ1v) is 6.26. The topological polar surface area (TPSA) is 54.1 Å². The highest BCUT2D eigenvalue weighted by Gasteiger charge is 2.08. The molecular formula is C15H18N2O2. The summed E-state index contributed by atoms with van der Waals surface area (Å²) in [5, 5.41) is 2.91. The smallest absolute Gasteiger partial charge is 0.253 e. The molecule has 0 saturated heterocycles. The van der Waals surface area contributed by atoms with Gasteiger partial charge in [0, 0.05) is 18.4 Å². The summed E-state index contributed by atoms with van der Waals surface area (Å²) < 4.78 is 5.17. The first-order valence-electron chi connectivity index (χ1n) is 6.26. The third-order valence-electron chi connectivity index (χ3n) is 3.03. The van der Waals surface area contributed by atoms with Gasteiger partial charge in [0.25, 0.3) is 5.91 Å². The van der Waals surface area contributed by atoms with Gasteiger partial charge >= 0.3 is 0 Å². The molecule has 0 atom stereocenters. The number of rotatable bonds is 5. The highest BCUT2D eigenvalue weighted by atomic mass is 16.5. The lowest BCUT2D eigenvalue weighted by Crippen LogP contribution is -2.25. The van der Waals surface area contributed by atoms with Crippen LogP contribution in [0.5, 0.6) is 5.75 Å².